The Labute approximate surface area is 146 Å². The Morgan fingerprint density at radius 3 is 2.83 bits per heavy atom. The summed E-state index contributed by atoms with van der Waals surface area (Å²) in [6, 6.07) is 8.49. The predicted octanol–water partition coefficient (Wildman–Crippen LogP) is 4.15. The minimum absolute atomic E-state index is 0.0443. The molecule has 2 heterocycles. The summed E-state index contributed by atoms with van der Waals surface area (Å²) in [5.74, 6) is 0.912. The maximum Gasteiger partial charge on any atom is 0.124 e. The van der Waals surface area contributed by atoms with Crippen LogP contribution in [0, 0.1) is 6.92 Å². The molecule has 0 saturated carbocycles. The first kappa shape index (κ1) is 17.1. The van der Waals surface area contributed by atoms with Gasteiger partial charge in [0.1, 0.15) is 16.8 Å². The second-order valence-corrected chi connectivity index (χ2v) is 8.18. The van der Waals surface area contributed by atoms with Gasteiger partial charge in [-0.05, 0) is 32.3 Å². The molecule has 0 bridgehead atoms. The van der Waals surface area contributed by atoms with Crippen LogP contribution < -0.4 is 0 Å². The van der Waals surface area contributed by atoms with E-state index in [1.165, 1.54) is 5.56 Å². The molecule has 4 nitrogen and oxygen atoms in total. The van der Waals surface area contributed by atoms with Crippen LogP contribution >= 0.6 is 0 Å². The van der Waals surface area contributed by atoms with E-state index in [2.05, 4.69) is 52.0 Å². The summed E-state index contributed by atoms with van der Waals surface area (Å²) in [5, 5.41) is -0.0443. The highest BCUT2D eigenvalue weighted by atomic mass is 32.2. The fourth-order valence-corrected chi connectivity index (χ4v) is 4.43. The number of hydrogen-bond donors (Lipinski definition) is 1. The Balaban J connectivity index is 1.85. The molecule has 1 saturated heterocycles. The lowest BCUT2D eigenvalue weighted by Gasteiger charge is -2.34. The topological polar surface area (TPSA) is 49.0 Å². The smallest absolute Gasteiger partial charge is 0.124 e. The molecule has 1 aromatic heterocycles. The van der Waals surface area contributed by atoms with Crippen molar-refractivity contribution < 1.29 is 4.21 Å². The lowest BCUT2D eigenvalue weighted by Crippen LogP contribution is -2.38. The van der Waals surface area contributed by atoms with E-state index in [4.69, 9.17) is 0 Å². The number of benzene rings is 1. The monoisotopic (exact) mass is 343 g/mol. The van der Waals surface area contributed by atoms with Crippen LogP contribution in [-0.4, -0.2) is 30.3 Å². The summed E-state index contributed by atoms with van der Waals surface area (Å²) in [5.41, 5.74) is 3.38. The maximum absolute atomic E-state index is 12.8. The first-order valence-corrected chi connectivity index (χ1v) is 9.69. The van der Waals surface area contributed by atoms with Crippen molar-refractivity contribution in [2.45, 2.75) is 44.4 Å². The summed E-state index contributed by atoms with van der Waals surface area (Å²) in [4.78, 5) is 8.05. The largest absolute Gasteiger partial charge is 0.341 e. The number of nitrogens with zero attached hydrogens (tertiary/aromatic N) is 2. The van der Waals surface area contributed by atoms with Crippen molar-refractivity contribution in [3.63, 3.8) is 0 Å². The number of nitrogens with one attached hydrogen (secondary N) is 1. The molecular weight excluding hydrogens is 318 g/mol. The van der Waals surface area contributed by atoms with Crippen molar-refractivity contribution in [3.8, 4) is 11.3 Å². The van der Waals surface area contributed by atoms with Crippen LogP contribution in [0.15, 0.2) is 43.1 Å². The van der Waals surface area contributed by atoms with Gasteiger partial charge in [-0.15, -0.1) is 6.58 Å². The Kier molecular flexibility index (Phi) is 5.31. The van der Waals surface area contributed by atoms with Gasteiger partial charge in [-0.25, -0.2) is 13.5 Å². The molecule has 0 radical (unpaired) electrons. The van der Waals surface area contributed by atoms with Crippen molar-refractivity contribution in [1.82, 2.24) is 14.3 Å². The van der Waals surface area contributed by atoms with Gasteiger partial charge in [-0.1, -0.05) is 42.3 Å². The van der Waals surface area contributed by atoms with Crippen molar-refractivity contribution in [1.29, 1.82) is 0 Å². The van der Waals surface area contributed by atoms with Crippen LogP contribution in [0.4, 0.5) is 0 Å². The second kappa shape index (κ2) is 7.45. The Morgan fingerprint density at radius 2 is 2.12 bits per heavy atom. The molecule has 5 heteroatoms. The molecule has 1 fully saturated rings. The number of rotatable bonds is 5. The standard InChI is InChI=1S/C19H25N3OS/c1-4-15(3)24(23)22-12-6-5-7-18(22)19-20-13-17(21-19)16-10-8-14(2)9-11-16/h4,8-11,13,15,18H,1,5-7,12H2,2-3H3,(H,20,21). The van der Waals surface area contributed by atoms with Crippen LogP contribution in [0.3, 0.4) is 0 Å². The molecule has 128 valence electrons. The van der Waals surface area contributed by atoms with E-state index in [9.17, 15) is 4.21 Å². The van der Waals surface area contributed by atoms with Crippen molar-refractivity contribution in [2.75, 3.05) is 6.54 Å². The molecule has 3 atom stereocenters. The van der Waals surface area contributed by atoms with E-state index in [0.717, 1.165) is 42.9 Å². The van der Waals surface area contributed by atoms with Gasteiger partial charge in [-0.3, -0.25) is 0 Å². The van der Waals surface area contributed by atoms with Crippen LogP contribution in [-0.2, 0) is 11.0 Å². The summed E-state index contributed by atoms with van der Waals surface area (Å²) in [6.45, 7) is 8.66. The number of aromatic amines is 1. The van der Waals surface area contributed by atoms with Crippen molar-refractivity contribution >= 4 is 11.0 Å². The SMILES string of the molecule is C=CC(C)S(=O)N1CCCCC1c1ncc(-c2ccc(C)cc2)[nH]1. The van der Waals surface area contributed by atoms with E-state index in [0.29, 0.717) is 0 Å². The quantitative estimate of drug-likeness (QED) is 0.829. The summed E-state index contributed by atoms with van der Waals surface area (Å²) in [7, 11) is -1.06. The van der Waals surface area contributed by atoms with Gasteiger partial charge in [0.05, 0.1) is 23.2 Å². The number of hydrogen-bond acceptors (Lipinski definition) is 2. The van der Waals surface area contributed by atoms with Gasteiger partial charge in [0.15, 0.2) is 0 Å². The molecule has 0 aliphatic carbocycles. The Hall–Kier alpha value is -1.72. The first-order valence-electron chi connectivity index (χ1n) is 8.52. The molecule has 1 N–H and O–H groups in total. The molecule has 1 aromatic carbocycles. The van der Waals surface area contributed by atoms with E-state index in [-0.39, 0.29) is 11.3 Å². The van der Waals surface area contributed by atoms with Crippen LogP contribution in [0.25, 0.3) is 11.3 Å². The lowest BCUT2D eigenvalue weighted by molar-refractivity contribution is 0.258. The minimum atomic E-state index is -1.06. The molecule has 3 rings (SSSR count). The number of imidazole rings is 1. The summed E-state index contributed by atoms with van der Waals surface area (Å²) >= 11 is 0. The van der Waals surface area contributed by atoms with Gasteiger partial charge in [0.25, 0.3) is 0 Å². The van der Waals surface area contributed by atoms with E-state index >= 15 is 0 Å². The van der Waals surface area contributed by atoms with Gasteiger partial charge >= 0.3 is 0 Å². The zero-order valence-corrected chi connectivity index (χ0v) is 15.2. The van der Waals surface area contributed by atoms with Gasteiger partial charge in [0.2, 0.25) is 0 Å². The summed E-state index contributed by atoms with van der Waals surface area (Å²) < 4.78 is 14.8. The van der Waals surface area contributed by atoms with Crippen molar-refractivity contribution in [2.24, 2.45) is 0 Å². The Morgan fingerprint density at radius 1 is 1.38 bits per heavy atom. The molecule has 1 aliphatic heterocycles. The normalized spacial score (nSPS) is 21.3. The third-order valence-corrected chi connectivity index (χ3v) is 6.34. The highest BCUT2D eigenvalue weighted by Gasteiger charge is 2.31. The van der Waals surface area contributed by atoms with E-state index in [1.807, 2.05) is 13.1 Å². The number of aromatic nitrogens is 2. The molecule has 0 spiro atoms. The highest BCUT2D eigenvalue weighted by Crippen LogP contribution is 2.32. The number of H-pyrrole nitrogens is 1. The average molecular weight is 343 g/mol. The van der Waals surface area contributed by atoms with Crippen molar-refractivity contribution in [3.05, 3.63) is 54.5 Å². The third-order valence-electron chi connectivity index (χ3n) is 4.61. The summed E-state index contributed by atoms with van der Waals surface area (Å²) in [6.07, 6.45) is 6.85. The van der Waals surface area contributed by atoms with Gasteiger partial charge in [0, 0.05) is 6.54 Å². The van der Waals surface area contributed by atoms with Gasteiger partial charge in [-0.2, -0.15) is 0 Å². The molecule has 2 aromatic rings. The van der Waals surface area contributed by atoms with Gasteiger partial charge < -0.3 is 4.98 Å². The molecule has 24 heavy (non-hydrogen) atoms. The third kappa shape index (κ3) is 3.52. The van der Waals surface area contributed by atoms with E-state index < -0.39 is 11.0 Å². The number of aryl methyl sites for hydroxylation is 1. The zero-order valence-electron chi connectivity index (χ0n) is 14.4. The molecular formula is C19H25N3OS. The lowest BCUT2D eigenvalue weighted by atomic mass is 10.0. The van der Waals surface area contributed by atoms with Crippen LogP contribution in [0.5, 0.6) is 0 Å². The van der Waals surface area contributed by atoms with Crippen LogP contribution in [0.2, 0.25) is 0 Å². The fourth-order valence-electron chi connectivity index (χ4n) is 3.08. The highest BCUT2D eigenvalue weighted by molar-refractivity contribution is 7.83. The first-order chi connectivity index (χ1) is 11.6. The Bertz CT molecular complexity index is 722. The maximum atomic E-state index is 12.8. The molecule has 1 aliphatic rings. The minimum Gasteiger partial charge on any atom is -0.341 e. The molecule has 0 amide bonds. The number of piperidine rings is 1. The fraction of sp³-hybridized carbons (Fsp3) is 0.421. The average Bonchev–Trinajstić information content (AvgIpc) is 3.11. The zero-order chi connectivity index (χ0) is 17.1. The molecule has 3 unspecified atom stereocenters. The predicted molar refractivity (Wildman–Crippen MR) is 99.9 cm³/mol. The van der Waals surface area contributed by atoms with Crippen LogP contribution in [0.1, 0.15) is 43.6 Å². The second-order valence-electron chi connectivity index (χ2n) is 6.42. The van der Waals surface area contributed by atoms with E-state index in [1.54, 1.807) is 6.08 Å².